The first-order valence-corrected chi connectivity index (χ1v) is 10.2. The van der Waals surface area contributed by atoms with Crippen LogP contribution in [-0.4, -0.2) is 30.6 Å². The SMILES string of the molecule is COc1ccc(OC(C)(C)C(=O)NC2[C@@H]3CC4C[C@H]2CC(C(N)=O)(C4)C3)cc1. The summed E-state index contributed by atoms with van der Waals surface area (Å²) in [5, 5.41) is 3.26. The van der Waals surface area contributed by atoms with Crippen molar-refractivity contribution in [2.45, 2.75) is 57.6 Å². The van der Waals surface area contributed by atoms with E-state index < -0.39 is 5.60 Å². The lowest BCUT2D eigenvalue weighted by Crippen LogP contribution is -2.63. The van der Waals surface area contributed by atoms with Gasteiger partial charge in [-0.15, -0.1) is 0 Å². The van der Waals surface area contributed by atoms with Crippen LogP contribution in [0.15, 0.2) is 24.3 Å². The first kappa shape index (κ1) is 19.1. The molecule has 1 aromatic rings. The molecule has 3 N–H and O–H groups in total. The Balaban J connectivity index is 1.44. The van der Waals surface area contributed by atoms with Crippen LogP contribution in [0.5, 0.6) is 11.5 Å². The van der Waals surface area contributed by atoms with Gasteiger partial charge in [-0.2, -0.15) is 0 Å². The van der Waals surface area contributed by atoms with Gasteiger partial charge in [-0.1, -0.05) is 0 Å². The van der Waals surface area contributed by atoms with Gasteiger partial charge in [-0.3, -0.25) is 9.59 Å². The van der Waals surface area contributed by atoms with Crippen molar-refractivity contribution >= 4 is 11.8 Å². The number of carbonyl (C=O) groups is 2. The van der Waals surface area contributed by atoms with Crippen LogP contribution in [0.4, 0.5) is 0 Å². The van der Waals surface area contributed by atoms with E-state index in [0.717, 1.165) is 37.9 Å². The summed E-state index contributed by atoms with van der Waals surface area (Å²) in [4.78, 5) is 25.1. The summed E-state index contributed by atoms with van der Waals surface area (Å²) in [6, 6.07) is 7.32. The van der Waals surface area contributed by atoms with Crippen LogP contribution in [0.25, 0.3) is 0 Å². The highest BCUT2D eigenvalue weighted by Gasteiger charge is 2.58. The highest BCUT2D eigenvalue weighted by atomic mass is 16.5. The number of amides is 2. The summed E-state index contributed by atoms with van der Waals surface area (Å²) in [7, 11) is 1.61. The third-order valence-electron chi connectivity index (χ3n) is 7.07. The number of nitrogens with two attached hydrogens (primary N) is 1. The van der Waals surface area contributed by atoms with E-state index in [9.17, 15) is 9.59 Å². The van der Waals surface area contributed by atoms with Crippen LogP contribution in [0.1, 0.15) is 46.0 Å². The Morgan fingerprint density at radius 2 is 1.64 bits per heavy atom. The number of rotatable bonds is 6. The third-order valence-corrected chi connectivity index (χ3v) is 7.07. The molecule has 0 heterocycles. The Kier molecular flexibility index (Phi) is 4.55. The van der Waals surface area contributed by atoms with Crippen LogP contribution in [-0.2, 0) is 9.59 Å². The second-order valence-electron chi connectivity index (χ2n) is 9.40. The molecule has 2 amide bonds. The molecule has 4 aliphatic carbocycles. The fourth-order valence-corrected chi connectivity index (χ4v) is 5.87. The molecule has 28 heavy (non-hydrogen) atoms. The van der Waals surface area contributed by atoms with Crippen molar-refractivity contribution in [1.82, 2.24) is 5.32 Å². The van der Waals surface area contributed by atoms with E-state index in [4.69, 9.17) is 15.2 Å². The van der Waals surface area contributed by atoms with Crippen LogP contribution in [0, 0.1) is 23.2 Å². The summed E-state index contributed by atoms with van der Waals surface area (Å²) in [5.74, 6) is 2.33. The van der Waals surface area contributed by atoms with Gasteiger partial charge >= 0.3 is 0 Å². The predicted octanol–water partition coefficient (Wildman–Crippen LogP) is 2.65. The van der Waals surface area contributed by atoms with Crippen molar-refractivity contribution in [3.05, 3.63) is 24.3 Å². The molecule has 4 fully saturated rings. The Morgan fingerprint density at radius 3 is 2.18 bits per heavy atom. The Hall–Kier alpha value is -2.24. The Bertz CT molecular complexity index is 757. The number of hydrogen-bond donors (Lipinski definition) is 2. The summed E-state index contributed by atoms with van der Waals surface area (Å²) in [6.45, 7) is 3.57. The zero-order valence-corrected chi connectivity index (χ0v) is 16.9. The molecule has 4 saturated carbocycles. The standard InChI is InChI=1S/C22H30N2O4/c1-21(2,28-17-6-4-16(27-3)5-7-17)20(26)24-18-14-8-13-9-15(18)12-22(10-13,11-14)19(23)25/h4-7,13-15,18H,8-12H2,1-3H3,(H2,23,25)(H,24,26)/t13?,14-,15+,18?,22?. The van der Waals surface area contributed by atoms with E-state index in [-0.39, 0.29) is 23.3 Å². The molecule has 6 heteroatoms. The van der Waals surface area contributed by atoms with E-state index in [1.165, 1.54) is 0 Å². The second kappa shape index (κ2) is 6.68. The average molecular weight is 386 g/mol. The van der Waals surface area contributed by atoms with Crippen molar-refractivity contribution in [2.24, 2.45) is 28.9 Å². The van der Waals surface area contributed by atoms with Gasteiger partial charge in [0.15, 0.2) is 5.60 Å². The van der Waals surface area contributed by atoms with Crippen LogP contribution >= 0.6 is 0 Å². The maximum Gasteiger partial charge on any atom is 0.263 e. The highest BCUT2D eigenvalue weighted by molar-refractivity contribution is 5.85. The normalized spacial score (nSPS) is 33.4. The highest BCUT2D eigenvalue weighted by Crippen LogP contribution is 2.59. The molecule has 4 aliphatic rings. The van der Waals surface area contributed by atoms with Gasteiger partial charge in [0.25, 0.3) is 5.91 Å². The number of primary amides is 1. The summed E-state index contributed by atoms with van der Waals surface area (Å²) >= 11 is 0. The quantitative estimate of drug-likeness (QED) is 0.786. The molecule has 4 bridgehead atoms. The molecule has 0 saturated heterocycles. The fourth-order valence-electron chi connectivity index (χ4n) is 5.87. The molecule has 1 aromatic carbocycles. The first-order valence-electron chi connectivity index (χ1n) is 10.2. The maximum absolute atomic E-state index is 13.0. The Labute approximate surface area is 166 Å². The van der Waals surface area contributed by atoms with Crippen LogP contribution in [0.2, 0.25) is 0 Å². The van der Waals surface area contributed by atoms with E-state index >= 15 is 0 Å². The molecule has 0 radical (unpaired) electrons. The van der Waals surface area contributed by atoms with E-state index in [1.54, 1.807) is 33.1 Å². The number of benzene rings is 1. The smallest absolute Gasteiger partial charge is 0.263 e. The topological polar surface area (TPSA) is 90.7 Å². The number of hydrogen-bond acceptors (Lipinski definition) is 4. The molecular formula is C22H30N2O4. The van der Waals surface area contributed by atoms with E-state index in [0.29, 0.717) is 23.5 Å². The minimum absolute atomic E-state index is 0.107. The van der Waals surface area contributed by atoms with Gasteiger partial charge in [-0.05, 0) is 88.0 Å². The van der Waals surface area contributed by atoms with Gasteiger partial charge in [-0.25, -0.2) is 0 Å². The lowest BCUT2D eigenvalue weighted by atomic mass is 9.47. The third kappa shape index (κ3) is 3.23. The fraction of sp³-hybridized carbons (Fsp3) is 0.636. The summed E-state index contributed by atoms with van der Waals surface area (Å²) in [5.41, 5.74) is 4.42. The molecular weight excluding hydrogens is 356 g/mol. The lowest BCUT2D eigenvalue weighted by Gasteiger charge is -2.59. The molecule has 6 nitrogen and oxygen atoms in total. The van der Waals surface area contributed by atoms with Gasteiger partial charge in [0, 0.05) is 11.5 Å². The molecule has 0 aliphatic heterocycles. The maximum atomic E-state index is 13.0. The largest absolute Gasteiger partial charge is 0.497 e. The van der Waals surface area contributed by atoms with E-state index in [2.05, 4.69) is 5.32 Å². The van der Waals surface area contributed by atoms with Gasteiger partial charge < -0.3 is 20.5 Å². The van der Waals surface area contributed by atoms with Crippen LogP contribution < -0.4 is 20.5 Å². The van der Waals surface area contributed by atoms with Crippen molar-refractivity contribution in [1.29, 1.82) is 0 Å². The molecule has 152 valence electrons. The second-order valence-corrected chi connectivity index (χ2v) is 9.40. The first-order chi connectivity index (χ1) is 13.2. The number of ether oxygens (including phenoxy) is 2. The van der Waals surface area contributed by atoms with Gasteiger partial charge in [0.1, 0.15) is 11.5 Å². The molecule has 0 spiro atoms. The summed E-state index contributed by atoms with van der Waals surface area (Å²) in [6.07, 6.45) is 4.70. The number of methoxy groups -OCH3 is 1. The number of carbonyl (C=O) groups excluding carboxylic acids is 2. The molecule has 0 aromatic heterocycles. The summed E-state index contributed by atoms with van der Waals surface area (Å²) < 4.78 is 11.1. The molecule has 3 unspecified atom stereocenters. The van der Waals surface area contributed by atoms with Crippen molar-refractivity contribution in [3.8, 4) is 11.5 Å². The lowest BCUT2D eigenvalue weighted by molar-refractivity contribution is -0.150. The monoisotopic (exact) mass is 386 g/mol. The average Bonchev–Trinajstić information content (AvgIpc) is 2.64. The predicted molar refractivity (Wildman–Crippen MR) is 105 cm³/mol. The number of nitrogens with one attached hydrogen (secondary N) is 1. The minimum atomic E-state index is -0.995. The van der Waals surface area contributed by atoms with E-state index in [1.807, 2.05) is 12.1 Å². The Morgan fingerprint density at radius 1 is 1.07 bits per heavy atom. The molecule has 5 atom stereocenters. The van der Waals surface area contributed by atoms with Crippen molar-refractivity contribution < 1.29 is 19.1 Å². The van der Waals surface area contributed by atoms with Gasteiger partial charge in [0.05, 0.1) is 7.11 Å². The zero-order valence-electron chi connectivity index (χ0n) is 16.9. The minimum Gasteiger partial charge on any atom is -0.497 e. The van der Waals surface area contributed by atoms with Crippen molar-refractivity contribution in [2.75, 3.05) is 7.11 Å². The van der Waals surface area contributed by atoms with Gasteiger partial charge in [0.2, 0.25) is 5.91 Å². The van der Waals surface area contributed by atoms with Crippen LogP contribution in [0.3, 0.4) is 0 Å². The van der Waals surface area contributed by atoms with Crippen molar-refractivity contribution in [3.63, 3.8) is 0 Å². The molecule has 5 rings (SSSR count). The zero-order chi connectivity index (χ0) is 20.1.